The summed E-state index contributed by atoms with van der Waals surface area (Å²) in [5.74, 6) is -0.0761. The molecule has 0 bridgehead atoms. The van der Waals surface area contributed by atoms with Crippen molar-refractivity contribution in [3.63, 3.8) is 0 Å². The summed E-state index contributed by atoms with van der Waals surface area (Å²) < 4.78 is 198. The third kappa shape index (κ3) is 11.1. The molecule has 76 heavy (non-hydrogen) atoms. The highest BCUT2D eigenvalue weighted by Gasteiger charge is 2.53. The maximum absolute atomic E-state index is 14.9. The summed E-state index contributed by atoms with van der Waals surface area (Å²) in [5, 5.41) is 0. The third-order valence-electron chi connectivity index (χ3n) is 14.7. The van der Waals surface area contributed by atoms with Crippen LogP contribution < -0.4 is 26.5 Å². The molecular weight excluding hydrogens is 1080 g/mol. The lowest BCUT2D eigenvalue weighted by atomic mass is 9.76. The first-order valence-corrected chi connectivity index (χ1v) is 24.0. The average molecular weight is 1140 g/mol. The number of nitrogens with zero attached hydrogens (tertiary/aromatic N) is 1. The maximum atomic E-state index is 14.9. The molecule has 6 aromatic carbocycles. The molecule has 410 valence electrons. The van der Waals surface area contributed by atoms with Crippen LogP contribution in [0.3, 0.4) is 0 Å². The van der Waals surface area contributed by atoms with Crippen LogP contribution in [0.2, 0.25) is 0 Å². The number of hydrogen-bond donors (Lipinski definition) is 0. The molecule has 0 radical (unpaired) electrons. The number of aryl methyl sites for hydroxylation is 2. The second kappa shape index (κ2) is 20.4. The summed E-state index contributed by atoms with van der Waals surface area (Å²) in [6, 6.07) is 20.2. The molecule has 6 aromatic rings. The summed E-state index contributed by atoms with van der Waals surface area (Å²) in [6.45, 7) is 15.8. The van der Waals surface area contributed by atoms with E-state index in [9.17, 15) is 52.7 Å². The molecule has 7 rings (SSSR count). The van der Waals surface area contributed by atoms with E-state index in [-0.39, 0.29) is 91.6 Å². The zero-order chi connectivity index (χ0) is 56.0. The molecule has 0 spiro atoms. The van der Waals surface area contributed by atoms with Crippen molar-refractivity contribution in [2.45, 2.75) is 123 Å². The quantitative estimate of drug-likeness (QED) is 0.107. The Hall–Kier alpha value is -5.52. The number of rotatable bonds is 9. The number of likely N-dealkylation sites (N-methyl/N-ethyl adjacent to an activating group) is 1. The van der Waals surface area contributed by atoms with Gasteiger partial charge in [-0.2, -0.15) is 52.7 Å². The number of fused-ring (bicyclic) bond motifs is 3. The van der Waals surface area contributed by atoms with Crippen molar-refractivity contribution in [1.29, 1.82) is 0 Å². The Balaban J connectivity index is 0.00000937. The van der Waals surface area contributed by atoms with E-state index in [2.05, 4.69) is 0 Å². The molecule has 1 atom stereocenters. The van der Waals surface area contributed by atoms with Gasteiger partial charge in [-0.05, 0) is 114 Å². The van der Waals surface area contributed by atoms with Gasteiger partial charge in [-0.25, -0.2) is 0 Å². The van der Waals surface area contributed by atoms with Gasteiger partial charge in [0.15, 0.2) is 5.60 Å². The fourth-order valence-electron chi connectivity index (χ4n) is 10.7. The predicted molar refractivity (Wildman–Crippen MR) is 266 cm³/mol. The molecule has 0 fully saturated rings. The van der Waals surface area contributed by atoms with Crippen LogP contribution >= 0.6 is 0 Å². The fourth-order valence-corrected chi connectivity index (χ4v) is 10.7. The van der Waals surface area contributed by atoms with Gasteiger partial charge in [0.1, 0.15) is 30.6 Å². The van der Waals surface area contributed by atoms with Gasteiger partial charge in [-0.1, -0.05) is 101 Å². The van der Waals surface area contributed by atoms with Gasteiger partial charge in [0.25, 0.3) is 0 Å². The first-order chi connectivity index (χ1) is 34.4. The Labute approximate surface area is 446 Å². The lowest BCUT2D eigenvalue weighted by Gasteiger charge is -2.49. The molecule has 0 unspecified atom stereocenters. The first kappa shape index (κ1) is 59.7. The van der Waals surface area contributed by atoms with Crippen LogP contribution in [0, 0.1) is 13.8 Å². The number of ether oxygens (including phenoxy) is 3. The van der Waals surface area contributed by atoms with Gasteiger partial charge in [-0.15, -0.1) is 0 Å². The highest BCUT2D eigenvalue weighted by molar-refractivity contribution is 5.91. The Morgan fingerprint density at radius 3 is 0.974 bits per heavy atom. The smallest absolute Gasteiger partial charge is 0.416 e. The Bertz CT molecular complexity index is 2860. The number of benzene rings is 6. The van der Waals surface area contributed by atoms with E-state index in [0.717, 1.165) is 11.1 Å². The molecule has 1 aliphatic rings. The molecule has 0 aliphatic carbocycles. The zero-order valence-electron chi connectivity index (χ0n) is 44.3. The molecule has 0 amide bonds. The summed E-state index contributed by atoms with van der Waals surface area (Å²) in [6.07, 6.45) is -21.1. The van der Waals surface area contributed by atoms with Crippen LogP contribution in [0.1, 0.15) is 115 Å². The van der Waals surface area contributed by atoms with Crippen molar-refractivity contribution in [2.24, 2.45) is 0 Å². The molecule has 0 N–H and O–H groups in total. The first-order valence-electron chi connectivity index (χ1n) is 24.0. The topological polar surface area (TPSA) is 27.7 Å². The van der Waals surface area contributed by atoms with Crippen molar-refractivity contribution in [3.8, 4) is 44.9 Å². The van der Waals surface area contributed by atoms with Gasteiger partial charge in [0, 0.05) is 40.5 Å². The van der Waals surface area contributed by atoms with Crippen molar-refractivity contribution in [2.75, 3.05) is 28.4 Å². The SMILES string of the molecule is COc1c(C(C)(C)C)cc2c(c1-c1cc(C(F)(F)F)cc(C(F)(F)F)c1)C[N+](C)([C@@H](C)C(OC)(c1ccc(C)cc1)c1ccc(C)cc1)Cc1c-2cc(C(C)(C)C)c(OC)c1-c1cc(C(F)(F)F)cc(C(F)(F)F)c1.[Br-]. The fraction of sp³-hybridized carbons (Fsp3) is 0.390. The predicted octanol–water partition coefficient (Wildman–Crippen LogP) is 14.4. The summed E-state index contributed by atoms with van der Waals surface area (Å²) >= 11 is 0. The summed E-state index contributed by atoms with van der Waals surface area (Å²) in [7, 11) is 5.80. The van der Waals surface area contributed by atoms with E-state index < -0.39 is 80.6 Å². The highest BCUT2D eigenvalue weighted by Crippen LogP contribution is 2.57. The molecule has 0 aromatic heterocycles. The Morgan fingerprint density at radius 2 is 0.737 bits per heavy atom. The molecule has 4 nitrogen and oxygen atoms in total. The lowest BCUT2D eigenvalue weighted by molar-refractivity contribution is -0.963. The minimum Gasteiger partial charge on any atom is -1.00 e. The molecule has 0 saturated carbocycles. The van der Waals surface area contributed by atoms with Gasteiger partial charge < -0.3 is 35.7 Å². The number of methoxy groups -OCH3 is 3. The normalized spacial score (nSPS) is 14.8. The van der Waals surface area contributed by atoms with Gasteiger partial charge in [0.2, 0.25) is 0 Å². The molecule has 1 aliphatic heterocycles. The number of hydrogen-bond acceptors (Lipinski definition) is 3. The van der Waals surface area contributed by atoms with Gasteiger partial charge in [-0.3, -0.25) is 0 Å². The van der Waals surface area contributed by atoms with Crippen LogP contribution in [0.15, 0.2) is 97.1 Å². The van der Waals surface area contributed by atoms with E-state index in [1.807, 2.05) is 69.3 Å². The van der Waals surface area contributed by atoms with Crippen molar-refractivity contribution < 1.29 is 88.4 Å². The monoisotopic (exact) mass is 1140 g/mol. The van der Waals surface area contributed by atoms with Gasteiger partial charge in [0.05, 0.1) is 43.5 Å². The number of alkyl halides is 12. The highest BCUT2D eigenvalue weighted by atomic mass is 79.9. The van der Waals surface area contributed by atoms with Crippen molar-refractivity contribution in [3.05, 3.63) is 164 Å². The van der Waals surface area contributed by atoms with E-state index >= 15 is 0 Å². The Kier molecular flexibility index (Phi) is 16.0. The molecule has 1 heterocycles. The van der Waals surface area contributed by atoms with Crippen LogP contribution in [0.25, 0.3) is 33.4 Å². The minimum atomic E-state index is -5.26. The summed E-state index contributed by atoms with van der Waals surface area (Å²) in [5.41, 5.74) is -6.37. The molecule has 0 saturated heterocycles. The molecule has 17 heteroatoms. The minimum absolute atomic E-state index is 0. The Morgan fingerprint density at radius 1 is 0.447 bits per heavy atom. The van der Waals surface area contributed by atoms with E-state index in [1.54, 1.807) is 60.7 Å². The average Bonchev–Trinajstić information content (AvgIpc) is 3.43. The van der Waals surface area contributed by atoms with Crippen LogP contribution in [0.4, 0.5) is 52.7 Å². The van der Waals surface area contributed by atoms with Crippen molar-refractivity contribution in [1.82, 2.24) is 0 Å². The van der Waals surface area contributed by atoms with E-state index in [4.69, 9.17) is 14.2 Å². The van der Waals surface area contributed by atoms with Crippen LogP contribution in [-0.4, -0.2) is 38.9 Å². The van der Waals surface area contributed by atoms with Gasteiger partial charge >= 0.3 is 24.7 Å². The number of quaternary nitrogens is 1. The number of halogens is 13. The third-order valence-corrected chi connectivity index (χ3v) is 14.7. The van der Waals surface area contributed by atoms with Crippen molar-refractivity contribution >= 4 is 0 Å². The molecular formula is C59H60BrF12NO3. The van der Waals surface area contributed by atoms with Crippen LogP contribution in [0.5, 0.6) is 11.5 Å². The van der Waals surface area contributed by atoms with Crippen LogP contribution in [-0.2, 0) is 59.0 Å². The van der Waals surface area contributed by atoms with E-state index in [1.165, 1.54) is 21.3 Å². The summed E-state index contributed by atoms with van der Waals surface area (Å²) in [4.78, 5) is 0. The lowest BCUT2D eigenvalue weighted by Crippen LogP contribution is -3.00. The maximum Gasteiger partial charge on any atom is 0.416 e. The largest absolute Gasteiger partial charge is 1.00 e. The van der Waals surface area contributed by atoms with E-state index in [0.29, 0.717) is 46.5 Å². The second-order valence-electron chi connectivity index (χ2n) is 21.9. The second-order valence-corrected chi connectivity index (χ2v) is 21.9. The zero-order valence-corrected chi connectivity index (χ0v) is 45.9. The standard InChI is InChI=1S/C59H60F12NO3.BrH/c1-32-14-18-37(19-15-32)55(75-13,38-20-16-33(2)17-21-38)34(3)72(10)30-45-43(28-47(53(4,5)6)51(73-11)49(45)35-22-39(56(60,61)62)26-40(23-35)57(63,64)65)44-29-48(54(7,8)9)52(74-12)50(46(44)31-72)36-24-41(58(66,67)68)27-42(25-36)59(69,70)71;/h14-29,34H,30-31H2,1-13H3;1H/q+1;/p-1/t34-;/m0./s1.